The van der Waals surface area contributed by atoms with Crippen LogP contribution in [0.3, 0.4) is 0 Å². The van der Waals surface area contributed by atoms with Crippen molar-refractivity contribution in [3.63, 3.8) is 0 Å². The van der Waals surface area contributed by atoms with Crippen LogP contribution in [0.1, 0.15) is 40.2 Å². The third-order valence-electron chi connectivity index (χ3n) is 4.84. The smallest absolute Gasteiger partial charge is 0.262 e. The summed E-state index contributed by atoms with van der Waals surface area (Å²) in [4.78, 5) is 32.1. The van der Waals surface area contributed by atoms with Crippen LogP contribution in [0.15, 0.2) is 34.2 Å². The molecule has 0 N–H and O–H groups in total. The molecule has 1 amide bonds. The van der Waals surface area contributed by atoms with E-state index in [9.17, 15) is 9.59 Å². The zero-order chi connectivity index (χ0) is 18.8. The van der Waals surface area contributed by atoms with Gasteiger partial charge in [-0.3, -0.25) is 14.2 Å². The molecule has 1 aromatic heterocycles. The first-order chi connectivity index (χ1) is 12.4. The van der Waals surface area contributed by atoms with E-state index in [2.05, 4.69) is 18.8 Å². The van der Waals surface area contributed by atoms with Crippen LogP contribution in [0.4, 0.5) is 0 Å². The van der Waals surface area contributed by atoms with Crippen molar-refractivity contribution >= 4 is 28.6 Å². The Morgan fingerprint density at radius 3 is 2.54 bits per heavy atom. The summed E-state index contributed by atoms with van der Waals surface area (Å²) in [5, 5.41) is 1.24. The van der Waals surface area contributed by atoms with E-state index >= 15 is 0 Å². The topological polar surface area (TPSA) is 55.2 Å². The summed E-state index contributed by atoms with van der Waals surface area (Å²) < 4.78 is 1.70. The van der Waals surface area contributed by atoms with Crippen LogP contribution in [-0.4, -0.2) is 39.2 Å². The van der Waals surface area contributed by atoms with E-state index in [1.165, 1.54) is 18.2 Å². The maximum Gasteiger partial charge on any atom is 0.262 e. The Balaban J connectivity index is 1.83. The number of fused-ring (bicyclic) bond motifs is 1. The van der Waals surface area contributed by atoms with E-state index in [4.69, 9.17) is 0 Å². The van der Waals surface area contributed by atoms with Gasteiger partial charge in [-0.1, -0.05) is 37.7 Å². The number of rotatable bonds is 4. The number of para-hydroxylation sites is 1. The van der Waals surface area contributed by atoms with Gasteiger partial charge in [-0.25, -0.2) is 4.98 Å². The molecule has 0 saturated carbocycles. The molecule has 6 heteroatoms. The number of likely N-dealkylation sites (tertiary alicyclic amines) is 1. The summed E-state index contributed by atoms with van der Waals surface area (Å²) in [6.45, 7) is 9.99. The van der Waals surface area contributed by atoms with E-state index in [-0.39, 0.29) is 17.5 Å². The molecule has 1 aliphatic rings. The van der Waals surface area contributed by atoms with Gasteiger partial charge in [0.05, 0.1) is 16.7 Å². The standard InChI is InChI=1S/C20H27N3O2S/c1-13(2)23-19(25)16-7-5-6-8-17(16)21-20(23)26-12-18(24)22-10-14(3)9-15(4)11-22/h5-8,13-15H,9-12H2,1-4H3/t14-,15-/m0/s1. The van der Waals surface area contributed by atoms with Crippen molar-refractivity contribution in [2.24, 2.45) is 11.8 Å². The Labute approximate surface area is 158 Å². The number of piperidine rings is 1. The molecule has 140 valence electrons. The molecule has 0 spiro atoms. The first-order valence-electron chi connectivity index (χ1n) is 9.28. The predicted molar refractivity (Wildman–Crippen MR) is 107 cm³/mol. The van der Waals surface area contributed by atoms with Gasteiger partial charge in [0.25, 0.3) is 5.56 Å². The van der Waals surface area contributed by atoms with Gasteiger partial charge in [-0.05, 0) is 44.2 Å². The van der Waals surface area contributed by atoms with Crippen molar-refractivity contribution in [3.8, 4) is 0 Å². The van der Waals surface area contributed by atoms with Crippen molar-refractivity contribution in [2.45, 2.75) is 45.3 Å². The van der Waals surface area contributed by atoms with Gasteiger partial charge in [-0.2, -0.15) is 0 Å². The fraction of sp³-hybridized carbons (Fsp3) is 0.550. The normalized spacial score (nSPS) is 20.7. The molecule has 1 aromatic carbocycles. The number of hydrogen-bond donors (Lipinski definition) is 0. The van der Waals surface area contributed by atoms with Gasteiger partial charge in [-0.15, -0.1) is 0 Å². The highest BCUT2D eigenvalue weighted by molar-refractivity contribution is 7.99. The highest BCUT2D eigenvalue weighted by atomic mass is 32.2. The Kier molecular flexibility index (Phi) is 5.70. The molecule has 26 heavy (non-hydrogen) atoms. The maximum absolute atomic E-state index is 12.8. The fourth-order valence-corrected chi connectivity index (χ4v) is 4.80. The van der Waals surface area contributed by atoms with Crippen LogP contribution >= 0.6 is 11.8 Å². The highest BCUT2D eigenvalue weighted by Crippen LogP contribution is 2.24. The Morgan fingerprint density at radius 2 is 1.88 bits per heavy atom. The number of nitrogens with zero attached hydrogens (tertiary/aromatic N) is 3. The van der Waals surface area contributed by atoms with Gasteiger partial charge < -0.3 is 4.90 Å². The molecule has 2 heterocycles. The molecular weight excluding hydrogens is 346 g/mol. The average molecular weight is 374 g/mol. The van der Waals surface area contributed by atoms with E-state index in [0.29, 0.717) is 33.6 Å². The first-order valence-corrected chi connectivity index (χ1v) is 10.3. The van der Waals surface area contributed by atoms with Crippen LogP contribution in [0.2, 0.25) is 0 Å². The van der Waals surface area contributed by atoms with Crippen molar-refractivity contribution in [2.75, 3.05) is 18.8 Å². The monoisotopic (exact) mass is 373 g/mol. The lowest BCUT2D eigenvalue weighted by Gasteiger charge is -2.35. The number of aromatic nitrogens is 2. The zero-order valence-corrected chi connectivity index (χ0v) is 16.8. The minimum absolute atomic E-state index is 0.00719. The molecule has 0 radical (unpaired) electrons. The SMILES string of the molecule is CC(C)n1c(SCC(=O)N2C[C@@H](C)C[C@H](C)C2)nc2ccccc2c1=O. The summed E-state index contributed by atoms with van der Waals surface area (Å²) in [6.07, 6.45) is 1.18. The van der Waals surface area contributed by atoms with Gasteiger partial charge in [0.2, 0.25) is 5.91 Å². The van der Waals surface area contributed by atoms with Crippen molar-refractivity contribution < 1.29 is 4.79 Å². The average Bonchev–Trinajstić information content (AvgIpc) is 2.58. The first kappa shape index (κ1) is 19.0. The summed E-state index contributed by atoms with van der Waals surface area (Å²) in [5.74, 6) is 1.53. The Hall–Kier alpha value is -1.82. The molecule has 0 bridgehead atoms. The Morgan fingerprint density at radius 1 is 1.23 bits per heavy atom. The molecule has 0 aliphatic carbocycles. The fourth-order valence-electron chi connectivity index (χ4n) is 3.77. The van der Waals surface area contributed by atoms with E-state index < -0.39 is 0 Å². The third-order valence-corrected chi connectivity index (χ3v) is 5.78. The van der Waals surface area contributed by atoms with Crippen molar-refractivity contribution in [1.82, 2.24) is 14.5 Å². The number of hydrogen-bond acceptors (Lipinski definition) is 4. The number of carbonyl (C=O) groups is 1. The summed E-state index contributed by atoms with van der Waals surface area (Å²) in [7, 11) is 0. The van der Waals surface area contributed by atoms with Gasteiger partial charge in [0.15, 0.2) is 5.16 Å². The van der Waals surface area contributed by atoms with Crippen LogP contribution in [0.5, 0.6) is 0 Å². The van der Waals surface area contributed by atoms with Crippen LogP contribution in [0.25, 0.3) is 10.9 Å². The molecule has 5 nitrogen and oxygen atoms in total. The second-order valence-corrected chi connectivity index (χ2v) is 8.66. The summed E-state index contributed by atoms with van der Waals surface area (Å²) in [6, 6.07) is 7.38. The zero-order valence-electron chi connectivity index (χ0n) is 15.9. The number of amides is 1. The predicted octanol–water partition coefficient (Wildman–Crippen LogP) is 3.57. The lowest BCUT2D eigenvalue weighted by atomic mass is 9.92. The quantitative estimate of drug-likeness (QED) is 0.607. The molecule has 2 aromatic rings. The number of thioether (sulfide) groups is 1. The summed E-state index contributed by atoms with van der Waals surface area (Å²) in [5.41, 5.74) is 0.644. The molecule has 1 saturated heterocycles. The van der Waals surface area contributed by atoms with Crippen LogP contribution in [-0.2, 0) is 4.79 Å². The van der Waals surface area contributed by atoms with E-state index in [1.807, 2.05) is 36.9 Å². The molecule has 2 atom stereocenters. The third kappa shape index (κ3) is 3.95. The molecule has 3 rings (SSSR count). The Bertz CT molecular complexity index is 852. The second-order valence-electron chi connectivity index (χ2n) is 7.71. The van der Waals surface area contributed by atoms with Crippen LogP contribution < -0.4 is 5.56 Å². The second kappa shape index (κ2) is 7.82. The minimum Gasteiger partial charge on any atom is -0.341 e. The van der Waals surface area contributed by atoms with Gasteiger partial charge >= 0.3 is 0 Å². The molecular formula is C20H27N3O2S. The largest absolute Gasteiger partial charge is 0.341 e. The molecule has 1 aliphatic heterocycles. The minimum atomic E-state index is -0.0410. The van der Waals surface area contributed by atoms with Crippen LogP contribution in [0, 0.1) is 11.8 Å². The lowest BCUT2D eigenvalue weighted by molar-refractivity contribution is -0.130. The molecule has 0 unspecified atom stereocenters. The number of benzene rings is 1. The van der Waals surface area contributed by atoms with E-state index in [0.717, 1.165) is 13.1 Å². The van der Waals surface area contributed by atoms with Crippen molar-refractivity contribution in [1.29, 1.82) is 0 Å². The van der Waals surface area contributed by atoms with Gasteiger partial charge in [0.1, 0.15) is 0 Å². The maximum atomic E-state index is 12.8. The van der Waals surface area contributed by atoms with Gasteiger partial charge in [0, 0.05) is 19.1 Å². The lowest BCUT2D eigenvalue weighted by Crippen LogP contribution is -2.43. The highest BCUT2D eigenvalue weighted by Gasteiger charge is 2.26. The summed E-state index contributed by atoms with van der Waals surface area (Å²) >= 11 is 1.37. The van der Waals surface area contributed by atoms with E-state index in [1.54, 1.807) is 10.6 Å². The molecule has 1 fully saturated rings. The number of carbonyl (C=O) groups excluding carboxylic acids is 1. The van der Waals surface area contributed by atoms with Crippen molar-refractivity contribution in [3.05, 3.63) is 34.6 Å².